The average Bonchev–Trinajstić information content (AvgIpc) is 3.14. The quantitative estimate of drug-likeness (QED) is 0.527. The SMILES string of the molecule is O=C(O)C(F)(F)F.O=C(O)C(F)(F)F.O=C1N(Cc2ccncc2)CCC12CCCN(CC1CCOCC1)C2. The summed E-state index contributed by atoms with van der Waals surface area (Å²) in [6.45, 7) is 6.68. The third-order valence-corrected chi connectivity index (χ3v) is 6.72. The van der Waals surface area contributed by atoms with Crippen molar-refractivity contribution in [1.29, 1.82) is 0 Å². The van der Waals surface area contributed by atoms with Gasteiger partial charge in [-0.25, -0.2) is 9.59 Å². The molecule has 1 aromatic heterocycles. The van der Waals surface area contributed by atoms with Gasteiger partial charge >= 0.3 is 24.3 Å². The molecule has 3 aliphatic rings. The first-order valence-corrected chi connectivity index (χ1v) is 12.2. The van der Waals surface area contributed by atoms with E-state index in [0.717, 1.165) is 71.1 Å². The normalized spacial score (nSPS) is 22.5. The van der Waals surface area contributed by atoms with Gasteiger partial charge in [0.25, 0.3) is 0 Å². The Kier molecular flexibility index (Phi) is 11.5. The molecule has 9 nitrogen and oxygen atoms in total. The summed E-state index contributed by atoms with van der Waals surface area (Å²) in [6.07, 6.45) is -0.983. The molecule has 1 unspecified atom stereocenters. The predicted octanol–water partition coefficient (Wildman–Crippen LogP) is 3.59. The van der Waals surface area contributed by atoms with Crippen molar-refractivity contribution in [2.45, 2.75) is 51.0 Å². The van der Waals surface area contributed by atoms with E-state index in [0.29, 0.717) is 5.91 Å². The van der Waals surface area contributed by atoms with Crippen molar-refractivity contribution in [3.63, 3.8) is 0 Å². The number of carbonyl (C=O) groups is 3. The summed E-state index contributed by atoms with van der Waals surface area (Å²) < 4.78 is 69.0. The lowest BCUT2D eigenvalue weighted by Crippen LogP contribution is -2.49. The van der Waals surface area contributed by atoms with Crippen LogP contribution in [-0.2, 0) is 25.7 Å². The minimum absolute atomic E-state index is 0.129. The molecule has 0 radical (unpaired) electrons. The molecule has 3 aliphatic heterocycles. The lowest BCUT2D eigenvalue weighted by atomic mass is 9.78. The van der Waals surface area contributed by atoms with Gasteiger partial charge in [0.1, 0.15) is 0 Å². The fraction of sp³-hybridized carbons (Fsp3) is 0.667. The van der Waals surface area contributed by atoms with E-state index in [1.807, 2.05) is 24.5 Å². The van der Waals surface area contributed by atoms with E-state index in [1.54, 1.807) is 0 Å². The van der Waals surface area contributed by atoms with Crippen LogP contribution in [0.5, 0.6) is 0 Å². The highest BCUT2D eigenvalue weighted by Gasteiger charge is 2.48. The second-order valence-electron chi connectivity index (χ2n) is 9.61. The number of piperidine rings is 1. The van der Waals surface area contributed by atoms with E-state index in [4.69, 9.17) is 24.5 Å². The van der Waals surface area contributed by atoms with E-state index in [1.165, 1.54) is 18.4 Å². The maximum atomic E-state index is 13.2. The Morgan fingerprint density at radius 2 is 1.51 bits per heavy atom. The van der Waals surface area contributed by atoms with E-state index >= 15 is 0 Å². The highest BCUT2D eigenvalue weighted by atomic mass is 19.4. The summed E-state index contributed by atoms with van der Waals surface area (Å²) in [5, 5.41) is 14.2. The third kappa shape index (κ3) is 10.3. The van der Waals surface area contributed by atoms with Crippen LogP contribution in [0.4, 0.5) is 26.3 Å². The Morgan fingerprint density at radius 3 is 2.03 bits per heavy atom. The number of amides is 1. The molecule has 1 aromatic rings. The fourth-order valence-corrected chi connectivity index (χ4v) is 4.81. The number of carboxylic acids is 2. The number of halogens is 6. The number of hydrogen-bond donors (Lipinski definition) is 2. The van der Waals surface area contributed by atoms with Crippen LogP contribution < -0.4 is 0 Å². The largest absolute Gasteiger partial charge is 0.490 e. The average molecular weight is 572 g/mol. The number of nitrogens with zero attached hydrogens (tertiary/aromatic N) is 3. The minimum atomic E-state index is -5.08. The first-order chi connectivity index (χ1) is 18.1. The fourth-order valence-electron chi connectivity index (χ4n) is 4.81. The van der Waals surface area contributed by atoms with Gasteiger partial charge in [0, 0.05) is 51.8 Å². The Hall–Kier alpha value is -2.94. The molecule has 1 amide bonds. The van der Waals surface area contributed by atoms with Gasteiger partial charge in [-0.3, -0.25) is 9.78 Å². The molecule has 0 bridgehead atoms. The van der Waals surface area contributed by atoms with Crippen LogP contribution in [0, 0.1) is 11.3 Å². The van der Waals surface area contributed by atoms with Crippen molar-refractivity contribution < 1.29 is 55.7 Å². The summed E-state index contributed by atoms with van der Waals surface area (Å²) in [5.41, 5.74) is 1.05. The van der Waals surface area contributed by atoms with Crippen molar-refractivity contribution >= 4 is 17.8 Å². The molecule has 39 heavy (non-hydrogen) atoms. The number of rotatable bonds is 4. The maximum absolute atomic E-state index is 13.2. The Balaban J connectivity index is 0.000000317. The highest BCUT2D eigenvalue weighted by molar-refractivity contribution is 5.85. The van der Waals surface area contributed by atoms with Crippen molar-refractivity contribution in [2.75, 3.05) is 39.4 Å². The first kappa shape index (κ1) is 32.3. The molecular weight excluding hydrogens is 540 g/mol. The number of hydrogen-bond acceptors (Lipinski definition) is 6. The number of likely N-dealkylation sites (tertiary alicyclic amines) is 2. The zero-order valence-electron chi connectivity index (χ0n) is 21.0. The summed E-state index contributed by atoms with van der Waals surface area (Å²) in [4.78, 5) is 39.7. The van der Waals surface area contributed by atoms with E-state index in [9.17, 15) is 31.1 Å². The van der Waals surface area contributed by atoms with Crippen LogP contribution in [0.1, 0.15) is 37.7 Å². The van der Waals surface area contributed by atoms with Gasteiger partial charge in [0.05, 0.1) is 5.41 Å². The van der Waals surface area contributed by atoms with E-state index in [-0.39, 0.29) is 5.41 Å². The molecule has 0 aliphatic carbocycles. The molecule has 4 rings (SSSR count). The summed E-state index contributed by atoms with van der Waals surface area (Å²) in [6, 6.07) is 4.02. The van der Waals surface area contributed by atoms with Gasteiger partial charge in [-0.05, 0) is 62.3 Å². The molecular formula is C24H31F6N3O6. The number of aromatic nitrogens is 1. The van der Waals surface area contributed by atoms with Crippen molar-refractivity contribution in [2.24, 2.45) is 11.3 Å². The summed E-state index contributed by atoms with van der Waals surface area (Å²) in [5.74, 6) is -4.39. The Morgan fingerprint density at radius 1 is 0.974 bits per heavy atom. The molecule has 2 N–H and O–H groups in total. The van der Waals surface area contributed by atoms with Crippen molar-refractivity contribution in [3.8, 4) is 0 Å². The Labute approximate surface area is 220 Å². The Bertz CT molecular complexity index is 932. The van der Waals surface area contributed by atoms with Crippen LogP contribution in [0.3, 0.4) is 0 Å². The number of carbonyl (C=O) groups excluding carboxylic acids is 1. The van der Waals surface area contributed by atoms with Gasteiger partial charge in [-0.15, -0.1) is 0 Å². The van der Waals surface area contributed by atoms with E-state index in [2.05, 4.69) is 14.8 Å². The van der Waals surface area contributed by atoms with Gasteiger partial charge in [0.15, 0.2) is 0 Å². The van der Waals surface area contributed by atoms with Crippen LogP contribution in [0.15, 0.2) is 24.5 Å². The van der Waals surface area contributed by atoms with Gasteiger partial charge in [-0.2, -0.15) is 26.3 Å². The molecule has 1 spiro atoms. The molecule has 3 saturated heterocycles. The smallest absolute Gasteiger partial charge is 0.475 e. The number of aliphatic carboxylic acids is 2. The molecule has 4 heterocycles. The van der Waals surface area contributed by atoms with Crippen LogP contribution >= 0.6 is 0 Å². The highest BCUT2D eigenvalue weighted by Crippen LogP contribution is 2.41. The second kappa shape index (κ2) is 13.9. The lowest BCUT2D eigenvalue weighted by molar-refractivity contribution is -0.193. The number of alkyl halides is 6. The zero-order chi connectivity index (χ0) is 29.3. The van der Waals surface area contributed by atoms with Crippen LogP contribution in [-0.4, -0.2) is 94.6 Å². The van der Waals surface area contributed by atoms with Crippen LogP contribution in [0.25, 0.3) is 0 Å². The summed E-state index contributed by atoms with van der Waals surface area (Å²) >= 11 is 0. The van der Waals surface area contributed by atoms with Gasteiger partial charge < -0.3 is 24.7 Å². The monoisotopic (exact) mass is 571 g/mol. The van der Waals surface area contributed by atoms with Crippen molar-refractivity contribution in [3.05, 3.63) is 30.1 Å². The standard InChI is InChI=1S/C20H29N3O2.2C2HF3O2/c24-19-20(7-11-23(19)15-17-2-8-21-9-3-17)6-1-10-22(16-20)14-18-4-12-25-13-5-18;2*3-2(4,5)1(6)7/h2-3,8-9,18H,1,4-7,10-16H2;2*(H,6,7). The van der Waals surface area contributed by atoms with E-state index < -0.39 is 24.3 Å². The lowest BCUT2D eigenvalue weighted by Gasteiger charge is -2.41. The van der Waals surface area contributed by atoms with Crippen molar-refractivity contribution in [1.82, 2.24) is 14.8 Å². The molecule has 220 valence electrons. The molecule has 0 aromatic carbocycles. The number of ether oxygens (including phenoxy) is 1. The number of pyridine rings is 1. The summed E-state index contributed by atoms with van der Waals surface area (Å²) in [7, 11) is 0. The third-order valence-electron chi connectivity index (χ3n) is 6.72. The molecule has 15 heteroatoms. The first-order valence-electron chi connectivity index (χ1n) is 12.2. The number of carboxylic acid groups (broad SMARTS) is 2. The topological polar surface area (TPSA) is 120 Å². The molecule has 0 saturated carbocycles. The predicted molar refractivity (Wildman–Crippen MR) is 123 cm³/mol. The molecule has 3 fully saturated rings. The van der Waals surface area contributed by atoms with Crippen LogP contribution in [0.2, 0.25) is 0 Å². The maximum Gasteiger partial charge on any atom is 0.490 e. The zero-order valence-corrected chi connectivity index (χ0v) is 21.0. The van der Waals surface area contributed by atoms with Gasteiger partial charge in [-0.1, -0.05) is 0 Å². The van der Waals surface area contributed by atoms with Gasteiger partial charge in [0.2, 0.25) is 5.91 Å². The second-order valence-corrected chi connectivity index (χ2v) is 9.61. The molecule has 1 atom stereocenters. The minimum Gasteiger partial charge on any atom is -0.475 e.